The predicted octanol–water partition coefficient (Wildman–Crippen LogP) is 3.51. The second-order valence-electron chi connectivity index (χ2n) is 4.86. The lowest BCUT2D eigenvalue weighted by molar-refractivity contribution is 0.0529. The van der Waals surface area contributed by atoms with Crippen LogP contribution in [0.5, 0.6) is 0 Å². The highest BCUT2D eigenvalue weighted by atomic mass is 16.3. The molecule has 0 aromatic carbocycles. The zero-order valence-corrected chi connectivity index (χ0v) is 11.1. The van der Waals surface area contributed by atoms with Crippen LogP contribution in [0, 0.1) is 5.92 Å². The maximum atomic E-state index is 9.95. The molecule has 2 nitrogen and oxygen atoms in total. The van der Waals surface area contributed by atoms with Gasteiger partial charge >= 0.3 is 0 Å². The summed E-state index contributed by atoms with van der Waals surface area (Å²) < 4.78 is 0. The SMILES string of the molecule is CCCCCC[C@@H](O)[C@H](CO)CCCCC. The minimum atomic E-state index is -0.293. The Bertz CT molecular complexity index is 137. The van der Waals surface area contributed by atoms with Crippen molar-refractivity contribution in [2.45, 2.75) is 77.7 Å². The molecule has 0 saturated heterocycles. The Morgan fingerprint density at radius 2 is 1.38 bits per heavy atom. The van der Waals surface area contributed by atoms with Crippen LogP contribution >= 0.6 is 0 Å². The zero-order valence-electron chi connectivity index (χ0n) is 11.1. The Hall–Kier alpha value is -0.0800. The summed E-state index contributed by atoms with van der Waals surface area (Å²) in [6.45, 7) is 4.51. The third kappa shape index (κ3) is 8.12. The molecule has 0 spiro atoms. The highest BCUT2D eigenvalue weighted by molar-refractivity contribution is 4.68. The zero-order chi connectivity index (χ0) is 12.2. The van der Waals surface area contributed by atoms with Gasteiger partial charge in [-0.25, -0.2) is 0 Å². The molecule has 0 unspecified atom stereocenters. The van der Waals surface area contributed by atoms with Crippen molar-refractivity contribution >= 4 is 0 Å². The van der Waals surface area contributed by atoms with Crippen LogP contribution in [0.2, 0.25) is 0 Å². The van der Waals surface area contributed by atoms with Gasteiger partial charge in [-0.05, 0) is 12.8 Å². The van der Waals surface area contributed by atoms with Gasteiger partial charge in [-0.2, -0.15) is 0 Å². The molecule has 0 aromatic rings. The van der Waals surface area contributed by atoms with E-state index in [1.54, 1.807) is 0 Å². The van der Waals surface area contributed by atoms with Gasteiger partial charge in [-0.1, -0.05) is 58.8 Å². The molecule has 0 aliphatic carbocycles. The van der Waals surface area contributed by atoms with Crippen molar-refractivity contribution in [1.82, 2.24) is 0 Å². The first-order valence-corrected chi connectivity index (χ1v) is 7.05. The molecule has 0 radical (unpaired) electrons. The topological polar surface area (TPSA) is 40.5 Å². The van der Waals surface area contributed by atoms with E-state index in [9.17, 15) is 10.2 Å². The van der Waals surface area contributed by atoms with Crippen LogP contribution < -0.4 is 0 Å². The molecule has 0 aromatic heterocycles. The molecule has 0 fully saturated rings. The van der Waals surface area contributed by atoms with E-state index < -0.39 is 0 Å². The number of unbranched alkanes of at least 4 members (excludes halogenated alkanes) is 5. The van der Waals surface area contributed by atoms with Crippen molar-refractivity contribution < 1.29 is 10.2 Å². The fourth-order valence-electron chi connectivity index (χ4n) is 2.08. The highest BCUT2D eigenvalue weighted by Gasteiger charge is 2.17. The summed E-state index contributed by atoms with van der Waals surface area (Å²) in [5.41, 5.74) is 0. The van der Waals surface area contributed by atoms with E-state index in [0.29, 0.717) is 0 Å². The number of aliphatic hydroxyl groups is 2. The van der Waals surface area contributed by atoms with Gasteiger partial charge in [-0.3, -0.25) is 0 Å². The van der Waals surface area contributed by atoms with Gasteiger partial charge in [-0.15, -0.1) is 0 Å². The van der Waals surface area contributed by atoms with Crippen molar-refractivity contribution in [1.29, 1.82) is 0 Å². The molecular formula is C14H30O2. The Kier molecular flexibility index (Phi) is 11.3. The lowest BCUT2D eigenvalue weighted by Crippen LogP contribution is -2.23. The van der Waals surface area contributed by atoms with Crippen molar-refractivity contribution in [3.8, 4) is 0 Å². The van der Waals surface area contributed by atoms with Gasteiger partial charge in [0.05, 0.1) is 6.10 Å². The molecule has 0 heterocycles. The Labute approximate surface area is 101 Å². The van der Waals surface area contributed by atoms with Crippen LogP contribution in [0.15, 0.2) is 0 Å². The third-order valence-electron chi connectivity index (χ3n) is 3.31. The maximum Gasteiger partial charge on any atom is 0.0590 e. The second kappa shape index (κ2) is 11.4. The number of aliphatic hydroxyl groups excluding tert-OH is 2. The average molecular weight is 230 g/mol. The van der Waals surface area contributed by atoms with Gasteiger partial charge in [0, 0.05) is 12.5 Å². The standard InChI is InChI=1S/C14H30O2/c1-3-5-7-9-11-14(16)13(12-15)10-8-6-4-2/h13-16H,3-12H2,1-2H3/t13-,14+/m0/s1. The van der Waals surface area contributed by atoms with E-state index in [2.05, 4.69) is 13.8 Å². The first-order valence-electron chi connectivity index (χ1n) is 7.05. The van der Waals surface area contributed by atoms with E-state index >= 15 is 0 Å². The number of hydrogen-bond donors (Lipinski definition) is 2. The summed E-state index contributed by atoms with van der Waals surface area (Å²) in [7, 11) is 0. The molecule has 0 saturated carbocycles. The molecule has 2 N–H and O–H groups in total. The van der Waals surface area contributed by atoms with E-state index in [-0.39, 0.29) is 18.6 Å². The van der Waals surface area contributed by atoms with Gasteiger partial charge in [0.25, 0.3) is 0 Å². The van der Waals surface area contributed by atoms with Crippen molar-refractivity contribution in [3.63, 3.8) is 0 Å². The summed E-state index contributed by atoms with van der Waals surface area (Å²) in [6, 6.07) is 0. The highest BCUT2D eigenvalue weighted by Crippen LogP contribution is 2.18. The normalized spacial score (nSPS) is 15.0. The van der Waals surface area contributed by atoms with Gasteiger partial charge in [0.15, 0.2) is 0 Å². The second-order valence-corrected chi connectivity index (χ2v) is 4.86. The average Bonchev–Trinajstić information content (AvgIpc) is 2.30. The summed E-state index contributed by atoms with van der Waals surface area (Å²) in [5, 5.41) is 19.2. The van der Waals surface area contributed by atoms with Crippen molar-refractivity contribution in [2.75, 3.05) is 6.61 Å². The van der Waals surface area contributed by atoms with E-state index in [1.165, 1.54) is 32.1 Å². The lowest BCUT2D eigenvalue weighted by atomic mass is 9.92. The molecule has 2 atom stereocenters. The first kappa shape index (κ1) is 15.9. The summed E-state index contributed by atoms with van der Waals surface area (Å²) in [4.78, 5) is 0. The Morgan fingerprint density at radius 1 is 0.812 bits per heavy atom. The molecule has 16 heavy (non-hydrogen) atoms. The number of hydrogen-bond acceptors (Lipinski definition) is 2. The van der Waals surface area contributed by atoms with Crippen LogP contribution in [0.4, 0.5) is 0 Å². The Morgan fingerprint density at radius 3 is 1.94 bits per heavy atom. The molecule has 2 heteroatoms. The first-order chi connectivity index (χ1) is 7.76. The minimum Gasteiger partial charge on any atom is -0.396 e. The molecule has 0 aliphatic heterocycles. The maximum absolute atomic E-state index is 9.95. The largest absolute Gasteiger partial charge is 0.396 e. The van der Waals surface area contributed by atoms with Gasteiger partial charge in [0.2, 0.25) is 0 Å². The summed E-state index contributed by atoms with van der Waals surface area (Å²) in [5.74, 6) is 0.105. The summed E-state index contributed by atoms with van der Waals surface area (Å²) >= 11 is 0. The Balaban J connectivity index is 3.60. The lowest BCUT2D eigenvalue weighted by Gasteiger charge is -2.20. The van der Waals surface area contributed by atoms with Crippen LogP contribution in [0.1, 0.15) is 71.6 Å². The molecule has 98 valence electrons. The minimum absolute atomic E-state index is 0.105. The number of rotatable bonds is 11. The molecule has 0 rings (SSSR count). The summed E-state index contributed by atoms with van der Waals surface area (Å²) in [6.07, 6.45) is 9.87. The van der Waals surface area contributed by atoms with Crippen molar-refractivity contribution in [2.24, 2.45) is 5.92 Å². The monoisotopic (exact) mass is 230 g/mol. The smallest absolute Gasteiger partial charge is 0.0590 e. The third-order valence-corrected chi connectivity index (χ3v) is 3.31. The fraction of sp³-hybridized carbons (Fsp3) is 1.00. The quantitative estimate of drug-likeness (QED) is 0.533. The van der Waals surface area contributed by atoms with Crippen LogP contribution in [0.25, 0.3) is 0 Å². The van der Waals surface area contributed by atoms with Crippen LogP contribution in [-0.2, 0) is 0 Å². The predicted molar refractivity (Wildman–Crippen MR) is 69.5 cm³/mol. The van der Waals surface area contributed by atoms with Crippen molar-refractivity contribution in [3.05, 3.63) is 0 Å². The van der Waals surface area contributed by atoms with E-state index in [0.717, 1.165) is 25.7 Å². The molecular weight excluding hydrogens is 200 g/mol. The van der Waals surface area contributed by atoms with E-state index in [1.807, 2.05) is 0 Å². The molecule has 0 bridgehead atoms. The van der Waals surface area contributed by atoms with Gasteiger partial charge < -0.3 is 10.2 Å². The van der Waals surface area contributed by atoms with Crippen LogP contribution in [0.3, 0.4) is 0 Å². The fourth-order valence-corrected chi connectivity index (χ4v) is 2.08. The van der Waals surface area contributed by atoms with Gasteiger partial charge in [0.1, 0.15) is 0 Å². The van der Waals surface area contributed by atoms with E-state index in [4.69, 9.17) is 0 Å². The molecule has 0 amide bonds. The molecule has 0 aliphatic rings. The van der Waals surface area contributed by atoms with Crippen LogP contribution in [-0.4, -0.2) is 22.9 Å².